The first-order chi connectivity index (χ1) is 10.1. The SMILES string of the molecule is CC(C)CCNc1cnc(C(=O)NCc2ccco2)cn1. The van der Waals surface area contributed by atoms with E-state index in [9.17, 15) is 4.79 Å². The Balaban J connectivity index is 1.82. The molecule has 1 amide bonds. The lowest BCUT2D eigenvalue weighted by atomic mass is 10.1. The van der Waals surface area contributed by atoms with Gasteiger partial charge in [0.15, 0.2) is 0 Å². The fourth-order valence-corrected chi connectivity index (χ4v) is 1.70. The Bertz CT molecular complexity index is 550. The van der Waals surface area contributed by atoms with E-state index in [4.69, 9.17) is 4.42 Å². The van der Waals surface area contributed by atoms with Gasteiger partial charge in [-0.2, -0.15) is 0 Å². The number of anilines is 1. The standard InChI is InChI=1S/C15H20N4O2/c1-11(2)5-6-16-14-10-17-13(9-18-14)15(20)19-8-12-4-3-7-21-12/h3-4,7,9-11H,5-6,8H2,1-2H3,(H,16,18)(H,19,20). The van der Waals surface area contributed by atoms with E-state index in [2.05, 4.69) is 34.4 Å². The Kier molecular flexibility index (Phi) is 5.31. The zero-order valence-electron chi connectivity index (χ0n) is 12.3. The van der Waals surface area contributed by atoms with Crippen molar-refractivity contribution in [2.24, 2.45) is 5.92 Å². The predicted molar refractivity (Wildman–Crippen MR) is 79.9 cm³/mol. The van der Waals surface area contributed by atoms with Crippen LogP contribution in [0.15, 0.2) is 35.2 Å². The molecule has 0 spiro atoms. The number of rotatable bonds is 7. The lowest BCUT2D eigenvalue weighted by Crippen LogP contribution is -2.23. The van der Waals surface area contributed by atoms with Gasteiger partial charge in [-0.3, -0.25) is 4.79 Å². The van der Waals surface area contributed by atoms with Gasteiger partial charge in [0.2, 0.25) is 0 Å². The van der Waals surface area contributed by atoms with Crippen molar-refractivity contribution in [3.05, 3.63) is 42.2 Å². The van der Waals surface area contributed by atoms with Gasteiger partial charge in [0.25, 0.3) is 5.91 Å². The van der Waals surface area contributed by atoms with E-state index in [0.717, 1.165) is 13.0 Å². The fourth-order valence-electron chi connectivity index (χ4n) is 1.70. The number of hydrogen-bond acceptors (Lipinski definition) is 5. The maximum Gasteiger partial charge on any atom is 0.271 e. The van der Waals surface area contributed by atoms with Crippen LogP contribution in [0.3, 0.4) is 0 Å². The second-order valence-corrected chi connectivity index (χ2v) is 5.16. The number of nitrogens with one attached hydrogen (secondary N) is 2. The van der Waals surface area contributed by atoms with Crippen molar-refractivity contribution in [2.75, 3.05) is 11.9 Å². The summed E-state index contributed by atoms with van der Waals surface area (Å²) in [6, 6.07) is 3.58. The molecule has 0 aromatic carbocycles. The number of nitrogens with zero attached hydrogens (tertiary/aromatic N) is 2. The van der Waals surface area contributed by atoms with Gasteiger partial charge in [-0.05, 0) is 24.5 Å². The van der Waals surface area contributed by atoms with Gasteiger partial charge < -0.3 is 15.1 Å². The molecule has 6 heteroatoms. The zero-order valence-corrected chi connectivity index (χ0v) is 12.3. The van der Waals surface area contributed by atoms with E-state index in [1.54, 1.807) is 24.6 Å². The molecular formula is C15H20N4O2. The summed E-state index contributed by atoms with van der Waals surface area (Å²) >= 11 is 0. The van der Waals surface area contributed by atoms with Gasteiger partial charge in [0, 0.05) is 6.54 Å². The summed E-state index contributed by atoms with van der Waals surface area (Å²) in [5.74, 6) is 1.74. The van der Waals surface area contributed by atoms with Crippen molar-refractivity contribution < 1.29 is 9.21 Å². The van der Waals surface area contributed by atoms with Gasteiger partial charge in [-0.1, -0.05) is 13.8 Å². The first-order valence-corrected chi connectivity index (χ1v) is 7.01. The largest absolute Gasteiger partial charge is 0.467 e. The normalized spacial score (nSPS) is 10.6. The van der Waals surface area contributed by atoms with Gasteiger partial charge >= 0.3 is 0 Å². The molecule has 0 aliphatic carbocycles. The average molecular weight is 288 g/mol. The van der Waals surface area contributed by atoms with E-state index in [1.807, 2.05) is 0 Å². The van der Waals surface area contributed by atoms with Crippen molar-refractivity contribution >= 4 is 11.7 Å². The molecule has 6 nitrogen and oxygen atoms in total. The van der Waals surface area contributed by atoms with E-state index < -0.39 is 0 Å². The Labute approximate surface area is 124 Å². The van der Waals surface area contributed by atoms with Crippen LogP contribution in [0.2, 0.25) is 0 Å². The summed E-state index contributed by atoms with van der Waals surface area (Å²) in [6.07, 6.45) is 5.67. The van der Waals surface area contributed by atoms with Crippen molar-refractivity contribution in [1.29, 1.82) is 0 Å². The first-order valence-electron chi connectivity index (χ1n) is 7.01. The van der Waals surface area contributed by atoms with E-state index >= 15 is 0 Å². The molecule has 21 heavy (non-hydrogen) atoms. The molecule has 0 saturated heterocycles. The lowest BCUT2D eigenvalue weighted by molar-refractivity contribution is 0.0942. The van der Waals surface area contributed by atoms with Gasteiger partial charge in [0.1, 0.15) is 17.3 Å². The maximum absolute atomic E-state index is 11.9. The van der Waals surface area contributed by atoms with Crippen LogP contribution in [0.4, 0.5) is 5.82 Å². The highest BCUT2D eigenvalue weighted by atomic mass is 16.3. The summed E-state index contributed by atoms with van der Waals surface area (Å²) in [5.41, 5.74) is 0.288. The second-order valence-electron chi connectivity index (χ2n) is 5.16. The third kappa shape index (κ3) is 4.91. The fraction of sp³-hybridized carbons (Fsp3) is 0.400. The van der Waals surface area contributed by atoms with E-state index in [0.29, 0.717) is 24.0 Å². The minimum absolute atomic E-state index is 0.271. The van der Waals surface area contributed by atoms with Crippen LogP contribution in [-0.4, -0.2) is 22.4 Å². The highest BCUT2D eigenvalue weighted by Crippen LogP contribution is 2.05. The van der Waals surface area contributed by atoms with Crippen LogP contribution in [0.25, 0.3) is 0 Å². The van der Waals surface area contributed by atoms with Crippen LogP contribution in [0.1, 0.15) is 36.5 Å². The molecule has 0 aliphatic rings. The third-order valence-corrected chi connectivity index (χ3v) is 2.92. The zero-order chi connectivity index (χ0) is 15.1. The molecule has 2 rings (SSSR count). The van der Waals surface area contributed by atoms with Crippen LogP contribution in [-0.2, 0) is 6.54 Å². The quantitative estimate of drug-likeness (QED) is 0.818. The summed E-state index contributed by atoms with van der Waals surface area (Å²) in [4.78, 5) is 20.2. The number of carbonyl (C=O) groups excluding carboxylic acids is 1. The smallest absolute Gasteiger partial charge is 0.271 e. The highest BCUT2D eigenvalue weighted by Gasteiger charge is 2.08. The molecule has 0 saturated carbocycles. The van der Waals surface area contributed by atoms with Crippen molar-refractivity contribution in [3.63, 3.8) is 0 Å². The Hall–Kier alpha value is -2.37. The van der Waals surface area contributed by atoms with E-state index in [-0.39, 0.29) is 11.6 Å². The summed E-state index contributed by atoms with van der Waals surface area (Å²) in [5, 5.41) is 5.90. The van der Waals surface area contributed by atoms with E-state index in [1.165, 1.54) is 6.20 Å². The van der Waals surface area contributed by atoms with Crippen LogP contribution < -0.4 is 10.6 Å². The molecule has 0 fully saturated rings. The molecule has 0 aliphatic heterocycles. The van der Waals surface area contributed by atoms with Crippen LogP contribution in [0.5, 0.6) is 0 Å². The maximum atomic E-state index is 11.9. The second kappa shape index (κ2) is 7.42. The van der Waals surface area contributed by atoms with Crippen LogP contribution in [0, 0.1) is 5.92 Å². The Morgan fingerprint density at radius 1 is 1.33 bits per heavy atom. The molecule has 2 aromatic heterocycles. The van der Waals surface area contributed by atoms with Gasteiger partial charge in [-0.15, -0.1) is 0 Å². The minimum Gasteiger partial charge on any atom is -0.467 e. The summed E-state index contributed by atoms with van der Waals surface area (Å²) < 4.78 is 5.14. The molecular weight excluding hydrogens is 268 g/mol. The third-order valence-electron chi connectivity index (χ3n) is 2.92. The van der Waals surface area contributed by atoms with Crippen molar-refractivity contribution in [2.45, 2.75) is 26.8 Å². The monoisotopic (exact) mass is 288 g/mol. The molecule has 0 radical (unpaired) electrons. The molecule has 2 aromatic rings. The number of amides is 1. The number of hydrogen-bond donors (Lipinski definition) is 2. The average Bonchev–Trinajstić information content (AvgIpc) is 2.98. The van der Waals surface area contributed by atoms with Crippen molar-refractivity contribution in [1.82, 2.24) is 15.3 Å². The summed E-state index contributed by atoms with van der Waals surface area (Å²) in [7, 11) is 0. The number of carbonyl (C=O) groups is 1. The number of aromatic nitrogens is 2. The Morgan fingerprint density at radius 2 is 2.19 bits per heavy atom. The number of furan rings is 1. The molecule has 0 bridgehead atoms. The first kappa shape index (κ1) is 15.0. The minimum atomic E-state index is -0.271. The highest BCUT2D eigenvalue weighted by molar-refractivity contribution is 5.91. The molecule has 0 unspecified atom stereocenters. The topological polar surface area (TPSA) is 80.0 Å². The molecule has 2 heterocycles. The Morgan fingerprint density at radius 3 is 2.81 bits per heavy atom. The summed E-state index contributed by atoms with van der Waals surface area (Å²) in [6.45, 7) is 5.51. The lowest BCUT2D eigenvalue weighted by Gasteiger charge is -2.07. The van der Waals surface area contributed by atoms with Crippen molar-refractivity contribution in [3.8, 4) is 0 Å². The van der Waals surface area contributed by atoms with Gasteiger partial charge in [0.05, 0.1) is 25.2 Å². The van der Waals surface area contributed by atoms with Crippen LogP contribution >= 0.6 is 0 Å². The predicted octanol–water partition coefficient (Wildman–Crippen LogP) is 2.46. The molecule has 112 valence electrons. The molecule has 2 N–H and O–H groups in total. The molecule has 0 atom stereocenters. The van der Waals surface area contributed by atoms with Gasteiger partial charge in [-0.25, -0.2) is 9.97 Å².